The zero-order valence-electron chi connectivity index (χ0n) is 11.1. The Hall–Kier alpha value is -1.69. The van der Waals surface area contributed by atoms with Crippen LogP contribution >= 0.6 is 0 Å². The summed E-state index contributed by atoms with van der Waals surface area (Å²) in [4.78, 5) is 24.1. The molecule has 1 aromatic rings. The van der Waals surface area contributed by atoms with Gasteiger partial charge in [-0.15, -0.1) is 0 Å². The zero-order chi connectivity index (χ0) is 13.1. The second kappa shape index (κ2) is 5.30. The number of nitrogens with zero attached hydrogens (tertiary/aromatic N) is 4. The van der Waals surface area contributed by atoms with Crippen LogP contribution in [0.5, 0.6) is 0 Å². The van der Waals surface area contributed by atoms with Gasteiger partial charge in [-0.25, -0.2) is 4.98 Å². The molecule has 2 rings (SSSR count). The molecule has 1 fully saturated rings. The van der Waals surface area contributed by atoms with Crippen molar-refractivity contribution in [1.82, 2.24) is 20.2 Å². The van der Waals surface area contributed by atoms with Gasteiger partial charge in [0.2, 0.25) is 0 Å². The molecule has 6 nitrogen and oxygen atoms in total. The summed E-state index contributed by atoms with van der Waals surface area (Å²) in [7, 11) is 3.42. The highest BCUT2D eigenvalue weighted by Gasteiger charge is 2.21. The highest BCUT2D eigenvalue weighted by atomic mass is 16.2. The molecule has 0 saturated carbocycles. The van der Waals surface area contributed by atoms with Crippen molar-refractivity contribution in [2.45, 2.75) is 13.0 Å². The average molecular weight is 249 g/mol. The normalized spacial score (nSPS) is 19.7. The molecule has 0 radical (unpaired) electrons. The van der Waals surface area contributed by atoms with Crippen LogP contribution in [0.3, 0.4) is 0 Å². The fraction of sp³-hybridized carbons (Fsp3) is 0.583. The van der Waals surface area contributed by atoms with Crippen LogP contribution in [0.15, 0.2) is 12.4 Å². The number of nitrogens with one attached hydrogen (secondary N) is 1. The number of anilines is 1. The van der Waals surface area contributed by atoms with Gasteiger partial charge in [0.05, 0.1) is 12.4 Å². The van der Waals surface area contributed by atoms with Crippen LogP contribution in [0.1, 0.15) is 17.4 Å². The summed E-state index contributed by atoms with van der Waals surface area (Å²) in [6, 6.07) is 0.359. The minimum atomic E-state index is -0.118. The van der Waals surface area contributed by atoms with Crippen LogP contribution in [-0.4, -0.2) is 60.5 Å². The molecule has 0 bridgehead atoms. The third-order valence-electron chi connectivity index (χ3n) is 3.04. The van der Waals surface area contributed by atoms with E-state index in [0.29, 0.717) is 11.7 Å². The molecule has 1 amide bonds. The van der Waals surface area contributed by atoms with Gasteiger partial charge in [-0.2, -0.15) is 0 Å². The highest BCUT2D eigenvalue weighted by molar-refractivity contribution is 5.91. The van der Waals surface area contributed by atoms with Crippen LogP contribution < -0.4 is 10.2 Å². The summed E-state index contributed by atoms with van der Waals surface area (Å²) in [5.74, 6) is 0.656. The first-order chi connectivity index (χ1) is 8.59. The Balaban J connectivity index is 2.23. The monoisotopic (exact) mass is 249 g/mol. The predicted molar refractivity (Wildman–Crippen MR) is 69.7 cm³/mol. The Bertz CT molecular complexity index is 434. The van der Waals surface area contributed by atoms with Crippen molar-refractivity contribution >= 4 is 11.7 Å². The third-order valence-corrected chi connectivity index (χ3v) is 3.04. The molecule has 0 spiro atoms. The lowest BCUT2D eigenvalue weighted by atomic mass is 10.2. The average Bonchev–Trinajstić information content (AvgIpc) is 2.38. The van der Waals surface area contributed by atoms with E-state index in [4.69, 9.17) is 0 Å². The van der Waals surface area contributed by atoms with Gasteiger partial charge in [-0.1, -0.05) is 0 Å². The van der Waals surface area contributed by atoms with Crippen LogP contribution in [0.4, 0.5) is 5.82 Å². The first-order valence-corrected chi connectivity index (χ1v) is 6.10. The molecular formula is C12H19N5O. The van der Waals surface area contributed by atoms with Gasteiger partial charge < -0.3 is 15.1 Å². The number of amides is 1. The molecule has 2 heterocycles. The Morgan fingerprint density at radius 3 is 2.94 bits per heavy atom. The van der Waals surface area contributed by atoms with Gasteiger partial charge >= 0.3 is 0 Å². The molecule has 18 heavy (non-hydrogen) atoms. The Labute approximate surface area is 107 Å². The lowest BCUT2D eigenvalue weighted by Crippen LogP contribution is -2.50. The molecular weight excluding hydrogens is 230 g/mol. The Morgan fingerprint density at radius 2 is 2.28 bits per heavy atom. The lowest BCUT2D eigenvalue weighted by molar-refractivity contribution is 0.0821. The minimum Gasteiger partial charge on any atom is -0.350 e. The number of carbonyl (C=O) groups excluding carboxylic acids is 1. The molecule has 1 saturated heterocycles. The fourth-order valence-electron chi connectivity index (χ4n) is 2.01. The van der Waals surface area contributed by atoms with Gasteiger partial charge in [-0.3, -0.25) is 9.78 Å². The second-order valence-corrected chi connectivity index (χ2v) is 4.71. The fourth-order valence-corrected chi connectivity index (χ4v) is 2.01. The summed E-state index contributed by atoms with van der Waals surface area (Å²) in [5, 5.41) is 3.32. The van der Waals surface area contributed by atoms with Gasteiger partial charge in [-0.05, 0) is 6.92 Å². The van der Waals surface area contributed by atoms with E-state index < -0.39 is 0 Å². The molecule has 1 unspecified atom stereocenters. The standard InChI is InChI=1S/C12H19N5O/c1-9-6-13-4-5-17(9)11-8-14-7-10(15-11)12(18)16(2)3/h7-9,13H,4-6H2,1-3H3. The van der Waals surface area contributed by atoms with E-state index in [0.717, 1.165) is 25.5 Å². The molecule has 1 atom stereocenters. The SMILES string of the molecule is CC1CNCCN1c1cncc(C(=O)N(C)C)n1. The maximum atomic E-state index is 11.9. The molecule has 0 aliphatic carbocycles. The summed E-state index contributed by atoms with van der Waals surface area (Å²) in [5.41, 5.74) is 0.392. The number of carbonyl (C=O) groups is 1. The van der Waals surface area contributed by atoms with Crippen molar-refractivity contribution < 1.29 is 4.79 Å². The Kier molecular flexibility index (Phi) is 3.76. The predicted octanol–water partition coefficient (Wildman–Crippen LogP) is -0.0235. The minimum absolute atomic E-state index is 0.118. The maximum absolute atomic E-state index is 11.9. The van der Waals surface area contributed by atoms with Crippen molar-refractivity contribution in [3.05, 3.63) is 18.1 Å². The Morgan fingerprint density at radius 1 is 1.50 bits per heavy atom. The molecule has 6 heteroatoms. The van der Waals surface area contributed by atoms with Gasteiger partial charge in [0.15, 0.2) is 0 Å². The summed E-state index contributed by atoms with van der Waals surface area (Å²) >= 11 is 0. The number of piperazine rings is 1. The first kappa shape index (κ1) is 12.8. The van der Waals surface area contributed by atoms with Crippen molar-refractivity contribution in [2.75, 3.05) is 38.6 Å². The van der Waals surface area contributed by atoms with Crippen molar-refractivity contribution in [1.29, 1.82) is 0 Å². The van der Waals surface area contributed by atoms with E-state index in [1.807, 2.05) is 0 Å². The summed E-state index contributed by atoms with van der Waals surface area (Å²) in [6.45, 7) is 4.87. The number of hydrogen-bond acceptors (Lipinski definition) is 5. The summed E-state index contributed by atoms with van der Waals surface area (Å²) in [6.07, 6.45) is 3.23. The van der Waals surface area contributed by atoms with E-state index in [2.05, 4.69) is 27.1 Å². The van der Waals surface area contributed by atoms with Crippen LogP contribution in [0.25, 0.3) is 0 Å². The van der Waals surface area contributed by atoms with Crippen LogP contribution in [-0.2, 0) is 0 Å². The second-order valence-electron chi connectivity index (χ2n) is 4.71. The van der Waals surface area contributed by atoms with Crippen molar-refractivity contribution in [3.8, 4) is 0 Å². The third kappa shape index (κ3) is 2.59. The number of rotatable bonds is 2. The topological polar surface area (TPSA) is 61.4 Å². The number of hydrogen-bond donors (Lipinski definition) is 1. The van der Waals surface area contributed by atoms with Crippen molar-refractivity contribution in [2.24, 2.45) is 0 Å². The van der Waals surface area contributed by atoms with E-state index in [9.17, 15) is 4.79 Å². The van der Waals surface area contributed by atoms with Gasteiger partial charge in [0.25, 0.3) is 5.91 Å². The van der Waals surface area contributed by atoms with Gasteiger partial charge in [0, 0.05) is 39.8 Å². The first-order valence-electron chi connectivity index (χ1n) is 6.10. The molecule has 1 aliphatic rings. The quantitative estimate of drug-likeness (QED) is 0.798. The smallest absolute Gasteiger partial charge is 0.273 e. The van der Waals surface area contributed by atoms with E-state index in [-0.39, 0.29) is 5.91 Å². The largest absolute Gasteiger partial charge is 0.350 e. The maximum Gasteiger partial charge on any atom is 0.273 e. The summed E-state index contributed by atoms with van der Waals surface area (Å²) < 4.78 is 0. The van der Waals surface area contributed by atoms with Gasteiger partial charge in [0.1, 0.15) is 11.5 Å². The van der Waals surface area contributed by atoms with E-state index >= 15 is 0 Å². The molecule has 0 aromatic carbocycles. The van der Waals surface area contributed by atoms with E-state index in [1.165, 1.54) is 11.1 Å². The molecule has 1 N–H and O–H groups in total. The molecule has 1 aromatic heterocycles. The zero-order valence-corrected chi connectivity index (χ0v) is 11.1. The highest BCUT2D eigenvalue weighted by Crippen LogP contribution is 2.15. The van der Waals surface area contributed by atoms with Crippen molar-refractivity contribution in [3.63, 3.8) is 0 Å². The number of aromatic nitrogens is 2. The lowest BCUT2D eigenvalue weighted by Gasteiger charge is -2.34. The van der Waals surface area contributed by atoms with E-state index in [1.54, 1.807) is 20.3 Å². The molecule has 98 valence electrons. The van der Waals surface area contributed by atoms with Crippen LogP contribution in [0.2, 0.25) is 0 Å². The van der Waals surface area contributed by atoms with Crippen LogP contribution in [0, 0.1) is 0 Å². The molecule has 1 aliphatic heterocycles.